The molecule has 1 aliphatic rings. The SMILES string of the molecule is Cc1ccc(Sc2c3n(c4nccc(S(C)(=O)=O)c24)CCCC3CC(=O)O)c(Cl)c1. The maximum absolute atomic E-state index is 12.6. The summed E-state index contributed by atoms with van der Waals surface area (Å²) in [6.45, 7) is 2.62. The number of pyridine rings is 1. The highest BCUT2D eigenvalue weighted by molar-refractivity contribution is 7.99. The van der Waals surface area contributed by atoms with E-state index < -0.39 is 15.8 Å². The van der Waals surface area contributed by atoms with Crippen LogP contribution in [-0.4, -0.2) is 35.3 Å². The zero-order valence-electron chi connectivity index (χ0n) is 16.6. The number of nitrogens with zero attached hydrogens (tertiary/aromatic N) is 2. The van der Waals surface area contributed by atoms with Gasteiger partial charge in [0, 0.05) is 40.4 Å². The average Bonchev–Trinajstić information content (AvgIpc) is 2.98. The van der Waals surface area contributed by atoms with Gasteiger partial charge in [-0.05, 0) is 43.5 Å². The summed E-state index contributed by atoms with van der Waals surface area (Å²) in [6, 6.07) is 7.23. The fourth-order valence-corrected chi connectivity index (χ4v) is 6.59. The molecular formula is C21H21ClN2O4S2. The lowest BCUT2D eigenvalue weighted by molar-refractivity contribution is -0.137. The summed E-state index contributed by atoms with van der Waals surface area (Å²) in [6.07, 6.45) is 4.21. The highest BCUT2D eigenvalue weighted by Gasteiger charge is 2.32. The molecule has 1 aromatic carbocycles. The average molecular weight is 465 g/mol. The minimum Gasteiger partial charge on any atom is -0.481 e. The number of hydrogen-bond acceptors (Lipinski definition) is 5. The Hall–Kier alpha value is -2.03. The Morgan fingerprint density at radius 3 is 2.80 bits per heavy atom. The van der Waals surface area contributed by atoms with Crippen molar-refractivity contribution in [2.75, 3.05) is 6.26 Å². The van der Waals surface area contributed by atoms with Crippen molar-refractivity contribution in [1.82, 2.24) is 9.55 Å². The van der Waals surface area contributed by atoms with Gasteiger partial charge < -0.3 is 9.67 Å². The molecule has 9 heteroatoms. The van der Waals surface area contributed by atoms with Crippen molar-refractivity contribution in [3.8, 4) is 0 Å². The van der Waals surface area contributed by atoms with E-state index in [0.717, 1.165) is 33.9 Å². The fraction of sp³-hybridized carbons (Fsp3) is 0.333. The van der Waals surface area contributed by atoms with Gasteiger partial charge in [0.25, 0.3) is 0 Å². The third-order valence-corrected chi connectivity index (χ3v) is 8.10. The van der Waals surface area contributed by atoms with E-state index in [4.69, 9.17) is 11.6 Å². The van der Waals surface area contributed by atoms with Gasteiger partial charge in [0.05, 0.1) is 21.7 Å². The molecule has 0 saturated carbocycles. The first kappa shape index (κ1) is 21.2. The number of aryl methyl sites for hydroxylation is 2. The van der Waals surface area contributed by atoms with Crippen molar-refractivity contribution in [3.63, 3.8) is 0 Å². The van der Waals surface area contributed by atoms with Gasteiger partial charge in [-0.15, -0.1) is 0 Å². The number of hydrogen-bond donors (Lipinski definition) is 1. The van der Waals surface area contributed by atoms with Gasteiger partial charge in [0.15, 0.2) is 9.84 Å². The van der Waals surface area contributed by atoms with Gasteiger partial charge in [0.1, 0.15) is 5.65 Å². The Kier molecular flexibility index (Phi) is 5.59. The van der Waals surface area contributed by atoms with E-state index in [2.05, 4.69) is 4.98 Å². The maximum atomic E-state index is 12.6. The summed E-state index contributed by atoms with van der Waals surface area (Å²) >= 11 is 7.86. The zero-order chi connectivity index (χ0) is 21.6. The van der Waals surface area contributed by atoms with Crippen LogP contribution in [0.25, 0.3) is 11.0 Å². The van der Waals surface area contributed by atoms with Gasteiger partial charge >= 0.3 is 5.97 Å². The van der Waals surface area contributed by atoms with Crippen molar-refractivity contribution >= 4 is 50.2 Å². The second-order valence-corrected chi connectivity index (χ2v) is 11.1. The van der Waals surface area contributed by atoms with Crippen LogP contribution in [-0.2, 0) is 21.2 Å². The van der Waals surface area contributed by atoms with Crippen LogP contribution in [0, 0.1) is 6.92 Å². The molecule has 30 heavy (non-hydrogen) atoms. The predicted octanol–water partition coefficient (Wildman–Crippen LogP) is 4.90. The predicted molar refractivity (Wildman–Crippen MR) is 117 cm³/mol. The van der Waals surface area contributed by atoms with Crippen LogP contribution in [0.1, 0.15) is 36.4 Å². The highest BCUT2D eigenvalue weighted by atomic mass is 35.5. The molecule has 1 unspecified atom stereocenters. The third kappa shape index (κ3) is 3.84. The lowest BCUT2D eigenvalue weighted by atomic mass is 9.93. The molecule has 0 saturated heterocycles. The molecule has 3 heterocycles. The first-order valence-electron chi connectivity index (χ1n) is 9.53. The van der Waals surface area contributed by atoms with E-state index >= 15 is 0 Å². The summed E-state index contributed by atoms with van der Waals surface area (Å²) in [5.74, 6) is -1.09. The van der Waals surface area contributed by atoms with Crippen LogP contribution in [0.3, 0.4) is 0 Å². The van der Waals surface area contributed by atoms with Crippen molar-refractivity contribution in [1.29, 1.82) is 0 Å². The van der Waals surface area contributed by atoms with Crippen molar-refractivity contribution in [3.05, 3.63) is 46.7 Å². The topological polar surface area (TPSA) is 89.3 Å². The minimum absolute atomic E-state index is 0.0142. The second-order valence-electron chi connectivity index (χ2n) is 7.62. The van der Waals surface area contributed by atoms with Crippen LogP contribution >= 0.6 is 23.4 Å². The van der Waals surface area contributed by atoms with E-state index in [1.807, 2.05) is 29.7 Å². The number of benzene rings is 1. The quantitative estimate of drug-likeness (QED) is 0.577. The molecule has 0 aliphatic carbocycles. The molecular weight excluding hydrogens is 444 g/mol. The van der Waals surface area contributed by atoms with E-state index in [1.165, 1.54) is 30.3 Å². The Bertz CT molecular complexity index is 1270. The number of carboxylic acid groups (broad SMARTS) is 1. The smallest absolute Gasteiger partial charge is 0.304 e. The first-order valence-corrected chi connectivity index (χ1v) is 12.6. The lowest BCUT2D eigenvalue weighted by Gasteiger charge is -2.25. The van der Waals surface area contributed by atoms with Crippen LogP contribution in [0.2, 0.25) is 5.02 Å². The number of carbonyl (C=O) groups is 1. The molecule has 1 N–H and O–H groups in total. The molecule has 2 aromatic heterocycles. The van der Waals surface area contributed by atoms with Gasteiger partial charge in [0.2, 0.25) is 0 Å². The van der Waals surface area contributed by atoms with Crippen molar-refractivity contribution < 1.29 is 18.3 Å². The summed E-state index contributed by atoms with van der Waals surface area (Å²) in [5, 5.41) is 10.6. The van der Waals surface area contributed by atoms with Crippen LogP contribution < -0.4 is 0 Å². The van der Waals surface area contributed by atoms with E-state index in [0.29, 0.717) is 22.6 Å². The molecule has 0 fully saturated rings. The normalized spacial score (nSPS) is 16.6. The maximum Gasteiger partial charge on any atom is 0.304 e. The van der Waals surface area contributed by atoms with Gasteiger partial charge in [-0.25, -0.2) is 13.4 Å². The third-order valence-electron chi connectivity index (χ3n) is 5.34. The molecule has 6 nitrogen and oxygen atoms in total. The van der Waals surface area contributed by atoms with Gasteiger partial charge in [-0.2, -0.15) is 0 Å². The summed E-state index contributed by atoms with van der Waals surface area (Å²) in [5.41, 5.74) is 2.44. The van der Waals surface area contributed by atoms with Crippen molar-refractivity contribution in [2.45, 2.75) is 53.3 Å². The van der Waals surface area contributed by atoms with Gasteiger partial charge in [-0.3, -0.25) is 4.79 Å². The molecule has 0 bridgehead atoms. The molecule has 1 atom stereocenters. The molecule has 0 amide bonds. The lowest BCUT2D eigenvalue weighted by Crippen LogP contribution is -2.18. The van der Waals surface area contributed by atoms with Crippen LogP contribution in [0.5, 0.6) is 0 Å². The first-order chi connectivity index (χ1) is 14.2. The summed E-state index contributed by atoms with van der Waals surface area (Å²) in [4.78, 5) is 17.7. The largest absolute Gasteiger partial charge is 0.481 e. The van der Waals surface area contributed by atoms with E-state index in [1.54, 1.807) is 0 Å². The number of fused-ring (bicyclic) bond motifs is 3. The summed E-state index contributed by atoms with van der Waals surface area (Å²) < 4.78 is 27.1. The molecule has 0 radical (unpaired) electrons. The fourth-order valence-electron chi connectivity index (χ4n) is 4.10. The minimum atomic E-state index is -3.52. The number of rotatable bonds is 5. The molecule has 0 spiro atoms. The number of sulfone groups is 1. The molecule has 4 rings (SSSR count). The number of carboxylic acids is 1. The van der Waals surface area contributed by atoms with E-state index in [9.17, 15) is 18.3 Å². The molecule has 1 aliphatic heterocycles. The monoisotopic (exact) mass is 464 g/mol. The molecule has 158 valence electrons. The standard InChI is InChI=1S/C21H21ClN2O4S2/c1-12-5-6-15(14(22)10-12)29-20-18-16(30(2,27)28)7-8-23-21(18)24-9-3-4-13(19(20)24)11-17(25)26/h5-8,10,13H,3-4,9,11H2,1-2H3,(H,25,26). The summed E-state index contributed by atoms with van der Waals surface area (Å²) in [7, 11) is -3.52. The highest BCUT2D eigenvalue weighted by Crippen LogP contribution is 2.48. The van der Waals surface area contributed by atoms with Gasteiger partial charge in [-0.1, -0.05) is 29.4 Å². The number of aliphatic carboxylic acids is 1. The van der Waals surface area contributed by atoms with Crippen molar-refractivity contribution in [2.24, 2.45) is 0 Å². The number of halogens is 1. The zero-order valence-corrected chi connectivity index (χ0v) is 18.9. The molecule has 3 aromatic rings. The Morgan fingerprint density at radius 2 is 2.13 bits per heavy atom. The second kappa shape index (κ2) is 7.90. The Morgan fingerprint density at radius 1 is 1.37 bits per heavy atom. The van der Waals surface area contributed by atoms with Crippen LogP contribution in [0.15, 0.2) is 45.1 Å². The Balaban J connectivity index is 2.03. The number of aromatic nitrogens is 2. The Labute approximate surface area is 184 Å². The van der Waals surface area contributed by atoms with E-state index in [-0.39, 0.29) is 17.2 Å². The van der Waals surface area contributed by atoms with Crippen LogP contribution in [0.4, 0.5) is 0 Å².